The predicted molar refractivity (Wildman–Crippen MR) is 112 cm³/mol. The summed E-state index contributed by atoms with van der Waals surface area (Å²) in [7, 11) is 2.10. The minimum Gasteiger partial charge on any atom is -0.368 e. The molecule has 4 fully saturated rings. The van der Waals surface area contributed by atoms with Gasteiger partial charge in [0.05, 0.1) is 6.04 Å². The number of ether oxygens (including phenoxy) is 1. The Morgan fingerprint density at radius 2 is 1.72 bits per heavy atom. The monoisotopic (exact) mass is 406 g/mol. The fourth-order valence-electron chi connectivity index (χ4n) is 5.48. The smallest absolute Gasteiger partial charge is 0.252 e. The maximum Gasteiger partial charge on any atom is 0.252 e. The van der Waals surface area contributed by atoms with E-state index < -0.39 is 0 Å². The number of rotatable bonds is 4. The van der Waals surface area contributed by atoms with Crippen LogP contribution in [-0.4, -0.2) is 97.1 Å². The van der Waals surface area contributed by atoms with E-state index in [0.29, 0.717) is 19.2 Å². The zero-order chi connectivity index (χ0) is 20.4. The molecule has 0 spiro atoms. The van der Waals surface area contributed by atoms with Crippen molar-refractivity contribution < 1.29 is 14.3 Å². The van der Waals surface area contributed by atoms with Crippen LogP contribution in [0.2, 0.25) is 0 Å². The highest BCUT2D eigenvalue weighted by atomic mass is 16.5. The highest BCUT2D eigenvalue weighted by molar-refractivity contribution is 5.84. The molecule has 3 atom stereocenters. The molecular weight excluding hydrogens is 368 g/mol. The van der Waals surface area contributed by atoms with E-state index in [4.69, 9.17) is 4.74 Å². The van der Waals surface area contributed by atoms with Gasteiger partial charge >= 0.3 is 0 Å². The fraction of sp³-hybridized carbons (Fsp3) is 0.909. The van der Waals surface area contributed by atoms with Crippen LogP contribution in [0.5, 0.6) is 0 Å². The second-order valence-corrected chi connectivity index (χ2v) is 9.64. The van der Waals surface area contributed by atoms with E-state index in [-0.39, 0.29) is 30.0 Å². The molecule has 164 valence electrons. The molecule has 7 nitrogen and oxygen atoms in total. The lowest BCUT2D eigenvalue weighted by Gasteiger charge is -2.41. The van der Waals surface area contributed by atoms with Crippen molar-refractivity contribution in [2.24, 2.45) is 5.92 Å². The molecule has 0 radical (unpaired) electrons. The van der Waals surface area contributed by atoms with Crippen LogP contribution in [0, 0.1) is 5.92 Å². The Labute approximate surface area is 175 Å². The zero-order valence-corrected chi connectivity index (χ0v) is 18.1. The van der Waals surface area contributed by atoms with Crippen molar-refractivity contribution >= 4 is 11.8 Å². The normalized spacial score (nSPS) is 36.3. The van der Waals surface area contributed by atoms with Crippen molar-refractivity contribution in [1.29, 1.82) is 0 Å². The minimum absolute atomic E-state index is 0.103. The summed E-state index contributed by atoms with van der Waals surface area (Å²) in [5.74, 6) is 1.13. The van der Waals surface area contributed by atoms with Gasteiger partial charge in [0, 0.05) is 51.4 Å². The van der Waals surface area contributed by atoms with Gasteiger partial charge in [-0.1, -0.05) is 6.92 Å². The Kier molecular flexibility index (Phi) is 6.76. The average molecular weight is 407 g/mol. The molecule has 7 heteroatoms. The van der Waals surface area contributed by atoms with Crippen LogP contribution in [0.25, 0.3) is 0 Å². The van der Waals surface area contributed by atoms with Crippen LogP contribution in [-0.2, 0) is 14.3 Å². The average Bonchev–Trinajstić information content (AvgIpc) is 3.42. The zero-order valence-electron chi connectivity index (χ0n) is 18.1. The number of carbonyl (C=O) groups excluding carboxylic acids is 2. The molecule has 3 heterocycles. The summed E-state index contributed by atoms with van der Waals surface area (Å²) in [6, 6.07) is 0.240. The van der Waals surface area contributed by atoms with Crippen LogP contribution < -0.4 is 5.32 Å². The Morgan fingerprint density at radius 1 is 1.00 bits per heavy atom. The third kappa shape index (κ3) is 4.78. The first-order valence-corrected chi connectivity index (χ1v) is 11.7. The molecule has 0 aromatic rings. The quantitative estimate of drug-likeness (QED) is 0.757. The predicted octanol–water partition coefficient (Wildman–Crippen LogP) is 1.08. The number of hydrogen-bond donors (Lipinski definition) is 1. The van der Waals surface area contributed by atoms with Crippen LogP contribution in [0.15, 0.2) is 0 Å². The molecule has 0 unspecified atom stereocenters. The highest BCUT2D eigenvalue weighted by Crippen LogP contribution is 2.32. The Morgan fingerprint density at radius 3 is 2.38 bits per heavy atom. The number of piperazine rings is 1. The molecular formula is C22H38N4O3. The van der Waals surface area contributed by atoms with Crippen LogP contribution in [0.4, 0.5) is 0 Å². The number of hydrogen-bond acceptors (Lipinski definition) is 5. The molecule has 29 heavy (non-hydrogen) atoms. The van der Waals surface area contributed by atoms with Gasteiger partial charge in [0.15, 0.2) is 0 Å². The van der Waals surface area contributed by atoms with Gasteiger partial charge in [-0.25, -0.2) is 0 Å². The molecule has 1 N–H and O–H groups in total. The highest BCUT2D eigenvalue weighted by Gasteiger charge is 2.42. The van der Waals surface area contributed by atoms with Gasteiger partial charge in [-0.15, -0.1) is 0 Å². The number of carbonyl (C=O) groups is 2. The van der Waals surface area contributed by atoms with Gasteiger partial charge in [-0.2, -0.15) is 0 Å². The molecule has 1 saturated carbocycles. The summed E-state index contributed by atoms with van der Waals surface area (Å²) in [5, 5.41) is 3.45. The Balaban J connectivity index is 1.42. The summed E-state index contributed by atoms with van der Waals surface area (Å²) < 4.78 is 5.76. The summed E-state index contributed by atoms with van der Waals surface area (Å²) in [5.41, 5.74) is 0. The molecule has 0 aromatic heterocycles. The molecule has 1 aliphatic carbocycles. The van der Waals surface area contributed by atoms with E-state index in [0.717, 1.165) is 64.2 Å². The summed E-state index contributed by atoms with van der Waals surface area (Å²) in [6.45, 7) is 7.20. The fourth-order valence-corrected chi connectivity index (χ4v) is 5.48. The van der Waals surface area contributed by atoms with Gasteiger partial charge in [0.25, 0.3) is 5.91 Å². The second-order valence-electron chi connectivity index (χ2n) is 9.64. The Bertz CT molecular complexity index is 579. The van der Waals surface area contributed by atoms with E-state index >= 15 is 0 Å². The van der Waals surface area contributed by atoms with Gasteiger partial charge in [0.2, 0.25) is 5.91 Å². The number of amides is 2. The van der Waals surface area contributed by atoms with Gasteiger partial charge in [-0.05, 0) is 57.9 Å². The maximum atomic E-state index is 13.4. The largest absolute Gasteiger partial charge is 0.368 e. The van der Waals surface area contributed by atoms with Crippen molar-refractivity contribution in [3.8, 4) is 0 Å². The van der Waals surface area contributed by atoms with Crippen LogP contribution >= 0.6 is 0 Å². The van der Waals surface area contributed by atoms with Gasteiger partial charge in [-0.3, -0.25) is 9.59 Å². The third-order valence-electron chi connectivity index (χ3n) is 7.45. The third-order valence-corrected chi connectivity index (χ3v) is 7.45. The lowest BCUT2D eigenvalue weighted by atomic mass is 9.85. The van der Waals surface area contributed by atoms with Crippen molar-refractivity contribution in [2.45, 2.75) is 76.1 Å². The van der Waals surface area contributed by atoms with Crippen molar-refractivity contribution in [1.82, 2.24) is 20.0 Å². The lowest BCUT2D eigenvalue weighted by Crippen LogP contribution is -2.53. The lowest BCUT2D eigenvalue weighted by molar-refractivity contribution is -0.147. The maximum absolute atomic E-state index is 13.4. The van der Waals surface area contributed by atoms with Gasteiger partial charge in [0.1, 0.15) is 6.10 Å². The van der Waals surface area contributed by atoms with Gasteiger partial charge < -0.3 is 24.8 Å². The molecule has 0 bridgehead atoms. The van der Waals surface area contributed by atoms with E-state index in [2.05, 4.69) is 29.1 Å². The molecule has 4 rings (SSSR count). The van der Waals surface area contributed by atoms with E-state index in [1.165, 1.54) is 12.8 Å². The first-order chi connectivity index (χ1) is 14.0. The summed E-state index contributed by atoms with van der Waals surface area (Å²) in [4.78, 5) is 32.8. The summed E-state index contributed by atoms with van der Waals surface area (Å²) >= 11 is 0. The SMILES string of the molecule is CN1CCN(C(=O)[C@@H]2C[C@@H](N(C(=O)[C@@H]3CCCO3)[C@H]3CC[C@@H](C)CC3)CN2)CC1. The molecule has 0 aromatic carbocycles. The number of nitrogens with zero attached hydrogens (tertiary/aromatic N) is 3. The van der Waals surface area contributed by atoms with Crippen molar-refractivity contribution in [3.05, 3.63) is 0 Å². The van der Waals surface area contributed by atoms with Crippen LogP contribution in [0.3, 0.4) is 0 Å². The number of nitrogens with one attached hydrogen (secondary N) is 1. The standard InChI is InChI=1S/C22H38N4O3/c1-16-5-7-17(8-6-16)26(22(28)20-4-3-13-29-20)18-14-19(23-15-18)21(27)25-11-9-24(2)10-12-25/h16-20,23H,3-15H2,1-2H3/t16-,17+,18-,19+,20+/m1/s1. The van der Waals surface area contributed by atoms with E-state index in [1.807, 2.05) is 4.90 Å². The van der Waals surface area contributed by atoms with Crippen LogP contribution in [0.1, 0.15) is 51.9 Å². The molecule has 4 aliphatic rings. The first kappa shape index (κ1) is 21.1. The molecule has 2 amide bonds. The first-order valence-electron chi connectivity index (χ1n) is 11.7. The molecule has 3 saturated heterocycles. The van der Waals surface area contributed by atoms with Crippen molar-refractivity contribution in [2.75, 3.05) is 46.4 Å². The topological polar surface area (TPSA) is 65.1 Å². The minimum atomic E-state index is -0.276. The van der Waals surface area contributed by atoms with E-state index in [9.17, 15) is 9.59 Å². The van der Waals surface area contributed by atoms with Crippen molar-refractivity contribution in [3.63, 3.8) is 0 Å². The number of likely N-dealkylation sites (N-methyl/N-ethyl adjacent to an activating group) is 1. The molecule has 3 aliphatic heterocycles. The second kappa shape index (κ2) is 9.31. The summed E-state index contributed by atoms with van der Waals surface area (Å²) in [6.07, 6.45) is 6.78. The Hall–Kier alpha value is -1.18. The van der Waals surface area contributed by atoms with E-state index in [1.54, 1.807) is 0 Å².